The summed E-state index contributed by atoms with van der Waals surface area (Å²) in [5.74, 6) is -1.51. The summed E-state index contributed by atoms with van der Waals surface area (Å²) in [6.07, 6.45) is 0. The molecule has 2 rings (SSSR count). The number of halogens is 1. The van der Waals surface area contributed by atoms with E-state index < -0.39 is 17.2 Å². The number of benzene rings is 2. The van der Waals surface area contributed by atoms with Gasteiger partial charge in [0.1, 0.15) is 17.7 Å². The summed E-state index contributed by atoms with van der Waals surface area (Å²) in [5.41, 5.74) is 1.62. The first-order chi connectivity index (χ1) is 13.4. The Morgan fingerprint density at radius 1 is 1.07 bits per heavy atom. The smallest absolute Gasteiger partial charge is 0.337 e. The van der Waals surface area contributed by atoms with Gasteiger partial charge in [-0.1, -0.05) is 12.1 Å². The lowest BCUT2D eigenvalue weighted by Crippen LogP contribution is -2.21. The second kappa shape index (κ2) is 10.5. The predicted octanol–water partition coefficient (Wildman–Crippen LogP) is 3.42. The highest BCUT2D eigenvalue weighted by Crippen LogP contribution is 2.15. The number of anilines is 1. The number of carbonyl (C=O) groups excluding carboxylic acids is 3. The lowest BCUT2D eigenvalue weighted by atomic mass is 10.1. The molecule has 0 aliphatic rings. The molecule has 2 aromatic rings. The van der Waals surface area contributed by atoms with Crippen LogP contribution in [0.15, 0.2) is 48.5 Å². The average molecular weight is 405 g/mol. The highest BCUT2D eigenvalue weighted by atomic mass is 32.2. The van der Waals surface area contributed by atoms with Crippen LogP contribution in [0, 0.1) is 5.82 Å². The number of hydrogen-bond acceptors (Lipinski definition) is 6. The quantitative estimate of drug-likeness (QED) is 0.678. The Labute approximate surface area is 166 Å². The van der Waals surface area contributed by atoms with Gasteiger partial charge in [0, 0.05) is 5.69 Å². The average Bonchev–Trinajstić information content (AvgIpc) is 2.71. The zero-order valence-electron chi connectivity index (χ0n) is 15.4. The number of thioether (sulfide) groups is 1. The molecule has 0 radical (unpaired) electrons. The van der Waals surface area contributed by atoms with Gasteiger partial charge in [-0.05, 0) is 48.9 Å². The fourth-order valence-corrected chi connectivity index (χ4v) is 2.80. The maximum absolute atomic E-state index is 12.8. The van der Waals surface area contributed by atoms with Crippen LogP contribution in [0.25, 0.3) is 0 Å². The lowest BCUT2D eigenvalue weighted by molar-refractivity contribution is -0.143. The van der Waals surface area contributed by atoms with Crippen molar-refractivity contribution in [1.29, 1.82) is 0 Å². The number of ether oxygens (including phenoxy) is 2. The summed E-state index contributed by atoms with van der Waals surface area (Å²) >= 11 is 1.14. The van der Waals surface area contributed by atoms with Crippen molar-refractivity contribution < 1.29 is 28.2 Å². The van der Waals surface area contributed by atoms with Crippen molar-refractivity contribution in [3.05, 3.63) is 65.5 Å². The van der Waals surface area contributed by atoms with Gasteiger partial charge in [0.15, 0.2) is 0 Å². The Balaban J connectivity index is 1.74. The molecule has 0 fully saturated rings. The monoisotopic (exact) mass is 405 g/mol. The summed E-state index contributed by atoms with van der Waals surface area (Å²) in [6, 6.07) is 11.9. The second-order valence-electron chi connectivity index (χ2n) is 5.80. The molecular formula is C20H20FNO5S. The largest absolute Gasteiger partial charge is 0.465 e. The first kappa shape index (κ1) is 21.4. The van der Waals surface area contributed by atoms with Crippen LogP contribution in [-0.2, 0) is 25.7 Å². The van der Waals surface area contributed by atoms with Crippen LogP contribution in [0.3, 0.4) is 0 Å². The van der Waals surface area contributed by atoms with E-state index in [9.17, 15) is 18.8 Å². The topological polar surface area (TPSA) is 81.7 Å². The van der Waals surface area contributed by atoms with Crippen molar-refractivity contribution in [2.45, 2.75) is 18.8 Å². The van der Waals surface area contributed by atoms with Gasteiger partial charge >= 0.3 is 11.9 Å². The van der Waals surface area contributed by atoms with Gasteiger partial charge in [-0.2, -0.15) is 0 Å². The SMILES string of the molecule is COC(=O)c1ccc(COC(=O)[C@H](C)SCC(=O)Nc2ccc(F)cc2)cc1. The maximum Gasteiger partial charge on any atom is 0.337 e. The van der Waals surface area contributed by atoms with Crippen molar-refractivity contribution >= 4 is 35.3 Å². The van der Waals surface area contributed by atoms with Gasteiger partial charge in [0.2, 0.25) is 5.91 Å². The molecule has 0 spiro atoms. The first-order valence-corrected chi connectivity index (χ1v) is 9.45. The third-order valence-electron chi connectivity index (χ3n) is 3.68. The van der Waals surface area contributed by atoms with E-state index in [0.717, 1.165) is 17.3 Å². The molecule has 0 aromatic heterocycles. The molecule has 1 atom stereocenters. The molecule has 8 heteroatoms. The molecule has 2 aromatic carbocycles. The van der Waals surface area contributed by atoms with Gasteiger partial charge in [0.05, 0.1) is 18.4 Å². The van der Waals surface area contributed by atoms with Crippen molar-refractivity contribution in [3.63, 3.8) is 0 Å². The van der Waals surface area contributed by atoms with E-state index in [-0.39, 0.29) is 24.1 Å². The van der Waals surface area contributed by atoms with Gasteiger partial charge in [-0.25, -0.2) is 9.18 Å². The standard InChI is InChI=1S/C20H20FNO5S/c1-13(28-12-18(23)22-17-9-7-16(21)8-10-17)19(24)27-11-14-3-5-15(6-4-14)20(25)26-2/h3-10,13H,11-12H2,1-2H3,(H,22,23)/t13-/m0/s1. The second-order valence-corrected chi connectivity index (χ2v) is 7.13. The van der Waals surface area contributed by atoms with Crippen LogP contribution >= 0.6 is 11.8 Å². The Bertz CT molecular complexity index is 823. The lowest BCUT2D eigenvalue weighted by Gasteiger charge is -2.12. The Morgan fingerprint density at radius 2 is 1.71 bits per heavy atom. The maximum atomic E-state index is 12.8. The summed E-state index contributed by atoms with van der Waals surface area (Å²) in [4.78, 5) is 35.3. The minimum Gasteiger partial charge on any atom is -0.465 e. The normalized spacial score (nSPS) is 11.4. The Morgan fingerprint density at radius 3 is 2.32 bits per heavy atom. The Kier molecular flexibility index (Phi) is 8.01. The van der Waals surface area contributed by atoms with E-state index in [1.54, 1.807) is 31.2 Å². The zero-order valence-corrected chi connectivity index (χ0v) is 16.3. The molecule has 0 bridgehead atoms. The van der Waals surface area contributed by atoms with Gasteiger partial charge in [-0.3, -0.25) is 9.59 Å². The molecule has 1 amide bonds. The van der Waals surface area contributed by atoms with Crippen LogP contribution < -0.4 is 5.32 Å². The molecule has 28 heavy (non-hydrogen) atoms. The van der Waals surface area contributed by atoms with Crippen LogP contribution in [0.4, 0.5) is 10.1 Å². The van der Waals surface area contributed by atoms with E-state index in [4.69, 9.17) is 4.74 Å². The van der Waals surface area contributed by atoms with Crippen LogP contribution in [0.5, 0.6) is 0 Å². The minimum atomic E-state index is -0.534. The van der Waals surface area contributed by atoms with E-state index in [1.807, 2.05) is 0 Å². The highest BCUT2D eigenvalue weighted by Gasteiger charge is 2.17. The number of carbonyl (C=O) groups is 3. The summed E-state index contributed by atoms with van der Waals surface area (Å²) in [7, 11) is 1.30. The first-order valence-electron chi connectivity index (χ1n) is 8.40. The van der Waals surface area contributed by atoms with Crippen molar-refractivity contribution in [2.24, 2.45) is 0 Å². The highest BCUT2D eigenvalue weighted by molar-refractivity contribution is 8.01. The van der Waals surface area contributed by atoms with Gasteiger partial charge < -0.3 is 14.8 Å². The van der Waals surface area contributed by atoms with E-state index >= 15 is 0 Å². The van der Waals surface area contributed by atoms with E-state index in [0.29, 0.717) is 11.3 Å². The van der Waals surface area contributed by atoms with Crippen LogP contribution in [0.1, 0.15) is 22.8 Å². The molecule has 148 valence electrons. The minimum absolute atomic E-state index is 0.0570. The van der Waals surface area contributed by atoms with E-state index in [2.05, 4.69) is 10.1 Å². The molecule has 0 saturated carbocycles. The van der Waals surface area contributed by atoms with Gasteiger partial charge in [0.25, 0.3) is 0 Å². The molecule has 0 aliphatic heterocycles. The number of esters is 2. The molecule has 1 N–H and O–H groups in total. The zero-order chi connectivity index (χ0) is 20.5. The number of nitrogens with one attached hydrogen (secondary N) is 1. The number of hydrogen-bond donors (Lipinski definition) is 1. The van der Waals surface area contributed by atoms with E-state index in [1.165, 1.54) is 31.4 Å². The van der Waals surface area contributed by atoms with Gasteiger partial charge in [-0.15, -0.1) is 11.8 Å². The number of amides is 1. The predicted molar refractivity (Wildman–Crippen MR) is 105 cm³/mol. The summed E-state index contributed by atoms with van der Waals surface area (Å²) < 4.78 is 22.7. The third-order valence-corrected chi connectivity index (χ3v) is 4.80. The number of methoxy groups -OCH3 is 1. The fourth-order valence-electron chi connectivity index (χ4n) is 2.13. The molecule has 0 aliphatic carbocycles. The van der Waals surface area contributed by atoms with Crippen LogP contribution in [0.2, 0.25) is 0 Å². The molecule has 6 nitrogen and oxygen atoms in total. The van der Waals surface area contributed by atoms with Crippen LogP contribution in [-0.4, -0.2) is 36.0 Å². The summed E-state index contributed by atoms with van der Waals surface area (Å²) in [6.45, 7) is 1.71. The molecule has 0 heterocycles. The summed E-state index contributed by atoms with van der Waals surface area (Å²) in [5, 5.41) is 2.09. The third kappa shape index (κ3) is 6.70. The Hall–Kier alpha value is -2.87. The van der Waals surface area contributed by atoms with Crippen molar-refractivity contribution in [1.82, 2.24) is 0 Å². The molecule has 0 saturated heterocycles. The number of rotatable bonds is 8. The van der Waals surface area contributed by atoms with Crippen molar-refractivity contribution in [2.75, 3.05) is 18.2 Å². The van der Waals surface area contributed by atoms with Crippen molar-refractivity contribution in [3.8, 4) is 0 Å². The molecule has 0 unspecified atom stereocenters. The fraction of sp³-hybridized carbons (Fsp3) is 0.250. The molecular weight excluding hydrogens is 385 g/mol.